The summed E-state index contributed by atoms with van der Waals surface area (Å²) in [5.74, 6) is -0.219. The predicted molar refractivity (Wildman–Crippen MR) is 144 cm³/mol. The zero-order valence-corrected chi connectivity index (χ0v) is 23.3. The minimum atomic E-state index is -3.87. The van der Waals surface area contributed by atoms with E-state index in [0.717, 1.165) is 29.0 Å². The maximum absolute atomic E-state index is 13.7. The number of hydrogen-bond acceptors (Lipinski definition) is 5. The van der Waals surface area contributed by atoms with Crippen LogP contribution in [0.2, 0.25) is 10.0 Å². The Balaban J connectivity index is 2.44. The van der Waals surface area contributed by atoms with Crippen molar-refractivity contribution in [2.45, 2.75) is 45.7 Å². The van der Waals surface area contributed by atoms with Gasteiger partial charge in [0.1, 0.15) is 18.3 Å². The number of hydrogen-bond donors (Lipinski definition) is 1. The van der Waals surface area contributed by atoms with Crippen LogP contribution in [0.3, 0.4) is 0 Å². The highest BCUT2D eigenvalue weighted by Gasteiger charge is 2.31. The van der Waals surface area contributed by atoms with Crippen LogP contribution in [0.4, 0.5) is 5.69 Å². The summed E-state index contributed by atoms with van der Waals surface area (Å²) >= 11 is 12.1. The molecule has 198 valence electrons. The Labute approximate surface area is 223 Å². The van der Waals surface area contributed by atoms with Gasteiger partial charge in [-0.05, 0) is 48.7 Å². The Morgan fingerprint density at radius 2 is 1.81 bits per heavy atom. The highest BCUT2D eigenvalue weighted by Crippen LogP contribution is 2.29. The molecule has 8 nitrogen and oxygen atoms in total. The molecular formula is C25H33Cl2N3O5S. The second-order valence-corrected chi connectivity index (χ2v) is 11.0. The number of nitrogens with one attached hydrogen (secondary N) is 1. The number of halogens is 2. The Bertz CT molecular complexity index is 1160. The standard InChI is InChI=1S/C25H33Cl2N3O5S/c1-5-7-13-28-25(32)23(6-2)29(16-18-9-8-10-20(14-18)35-3)24(31)17-30(36(4,33)34)19-11-12-21(26)22(27)15-19/h8-12,14-15,23H,5-7,13,16-17H2,1-4H3,(H,28,32). The average molecular weight is 559 g/mol. The normalized spacial score (nSPS) is 12.1. The van der Waals surface area contributed by atoms with Crippen molar-refractivity contribution in [3.05, 3.63) is 58.1 Å². The van der Waals surface area contributed by atoms with Crippen LogP contribution in [0.15, 0.2) is 42.5 Å². The van der Waals surface area contributed by atoms with Gasteiger partial charge in [0.05, 0.1) is 29.1 Å². The second kappa shape index (κ2) is 13.7. The number of methoxy groups -OCH3 is 1. The quantitative estimate of drug-likeness (QED) is 0.366. The zero-order valence-electron chi connectivity index (χ0n) is 21.0. The Morgan fingerprint density at radius 3 is 2.39 bits per heavy atom. The molecule has 2 amide bonds. The van der Waals surface area contributed by atoms with Gasteiger partial charge in [-0.2, -0.15) is 0 Å². The molecule has 0 aliphatic rings. The molecule has 36 heavy (non-hydrogen) atoms. The molecule has 0 saturated heterocycles. The first-order chi connectivity index (χ1) is 17.0. The first kappa shape index (κ1) is 29.7. The molecule has 0 radical (unpaired) electrons. The summed E-state index contributed by atoms with van der Waals surface area (Å²) < 4.78 is 31.6. The van der Waals surface area contributed by atoms with E-state index in [1.54, 1.807) is 25.3 Å². The van der Waals surface area contributed by atoms with Crippen molar-refractivity contribution in [3.63, 3.8) is 0 Å². The van der Waals surface area contributed by atoms with Crippen molar-refractivity contribution < 1.29 is 22.7 Å². The van der Waals surface area contributed by atoms with Gasteiger partial charge in [-0.15, -0.1) is 0 Å². The minimum Gasteiger partial charge on any atom is -0.497 e. The van der Waals surface area contributed by atoms with Crippen LogP contribution in [-0.4, -0.2) is 57.6 Å². The van der Waals surface area contributed by atoms with E-state index in [1.165, 1.54) is 23.1 Å². The van der Waals surface area contributed by atoms with E-state index in [4.69, 9.17) is 27.9 Å². The summed E-state index contributed by atoms with van der Waals surface area (Å²) in [6.45, 7) is 3.90. The smallest absolute Gasteiger partial charge is 0.244 e. The third-order valence-corrected chi connectivity index (χ3v) is 7.45. The van der Waals surface area contributed by atoms with Gasteiger partial charge in [-0.1, -0.05) is 55.6 Å². The number of sulfonamides is 1. The third kappa shape index (κ3) is 8.28. The van der Waals surface area contributed by atoms with E-state index in [2.05, 4.69) is 5.32 Å². The molecule has 0 heterocycles. The van der Waals surface area contributed by atoms with Gasteiger partial charge < -0.3 is 15.0 Å². The Kier molecular flexibility index (Phi) is 11.3. The SMILES string of the molecule is CCCCNC(=O)C(CC)N(Cc1cccc(OC)c1)C(=O)CN(c1ccc(Cl)c(Cl)c1)S(C)(=O)=O. The van der Waals surface area contributed by atoms with E-state index in [0.29, 0.717) is 18.7 Å². The van der Waals surface area contributed by atoms with E-state index >= 15 is 0 Å². The van der Waals surface area contributed by atoms with Gasteiger partial charge in [0.2, 0.25) is 21.8 Å². The van der Waals surface area contributed by atoms with Crippen LogP contribution < -0.4 is 14.4 Å². The molecule has 2 rings (SSSR count). The highest BCUT2D eigenvalue weighted by atomic mass is 35.5. The van der Waals surface area contributed by atoms with E-state index in [9.17, 15) is 18.0 Å². The summed E-state index contributed by atoms with van der Waals surface area (Å²) in [5, 5.41) is 3.30. The molecule has 0 aliphatic carbocycles. The van der Waals surface area contributed by atoms with Crippen LogP contribution in [0, 0.1) is 0 Å². The fourth-order valence-corrected chi connectivity index (χ4v) is 4.78. The Hall–Kier alpha value is -2.49. The fraction of sp³-hybridized carbons (Fsp3) is 0.440. The van der Waals surface area contributed by atoms with Crippen LogP contribution in [0.5, 0.6) is 5.75 Å². The van der Waals surface area contributed by atoms with Crippen LogP contribution in [-0.2, 0) is 26.2 Å². The Morgan fingerprint density at radius 1 is 1.08 bits per heavy atom. The number of carbonyl (C=O) groups excluding carboxylic acids is 2. The average Bonchev–Trinajstić information content (AvgIpc) is 2.83. The third-order valence-electron chi connectivity index (χ3n) is 5.57. The molecule has 11 heteroatoms. The van der Waals surface area contributed by atoms with Crippen molar-refractivity contribution in [2.24, 2.45) is 0 Å². The minimum absolute atomic E-state index is 0.0920. The predicted octanol–water partition coefficient (Wildman–Crippen LogP) is 4.49. The number of amides is 2. The molecule has 0 saturated carbocycles. The summed E-state index contributed by atoms with van der Waals surface area (Å²) in [6, 6.07) is 10.7. The van der Waals surface area contributed by atoms with Gasteiger partial charge in [-0.3, -0.25) is 13.9 Å². The lowest BCUT2D eigenvalue weighted by molar-refractivity contribution is -0.140. The van der Waals surface area contributed by atoms with Gasteiger partial charge in [0.15, 0.2) is 0 Å². The monoisotopic (exact) mass is 557 g/mol. The zero-order chi connectivity index (χ0) is 26.9. The van der Waals surface area contributed by atoms with E-state index in [-0.39, 0.29) is 28.2 Å². The number of unbranched alkanes of at least 4 members (excludes halogenated alkanes) is 1. The number of rotatable bonds is 13. The van der Waals surface area contributed by atoms with Gasteiger partial charge in [0, 0.05) is 13.1 Å². The van der Waals surface area contributed by atoms with Crippen molar-refractivity contribution in [1.82, 2.24) is 10.2 Å². The molecule has 1 unspecified atom stereocenters. The molecule has 2 aromatic carbocycles. The first-order valence-electron chi connectivity index (χ1n) is 11.6. The van der Waals surface area contributed by atoms with Crippen molar-refractivity contribution in [1.29, 1.82) is 0 Å². The molecule has 0 bridgehead atoms. The number of nitrogens with zero attached hydrogens (tertiary/aromatic N) is 2. The van der Waals surface area contributed by atoms with Crippen molar-refractivity contribution >= 4 is 50.7 Å². The lowest BCUT2D eigenvalue weighted by Gasteiger charge is -2.33. The lowest BCUT2D eigenvalue weighted by Crippen LogP contribution is -2.52. The van der Waals surface area contributed by atoms with Gasteiger partial charge >= 0.3 is 0 Å². The lowest BCUT2D eigenvalue weighted by atomic mass is 10.1. The number of anilines is 1. The fourth-order valence-electron chi connectivity index (χ4n) is 3.65. The molecule has 0 spiro atoms. The molecule has 1 atom stereocenters. The van der Waals surface area contributed by atoms with Crippen LogP contribution in [0.1, 0.15) is 38.7 Å². The van der Waals surface area contributed by atoms with Crippen molar-refractivity contribution in [3.8, 4) is 5.75 Å². The maximum atomic E-state index is 13.7. The summed E-state index contributed by atoms with van der Waals surface area (Å²) in [4.78, 5) is 28.1. The summed E-state index contributed by atoms with van der Waals surface area (Å²) in [6.07, 6.45) is 3.07. The second-order valence-electron chi connectivity index (χ2n) is 8.31. The molecule has 0 aromatic heterocycles. The maximum Gasteiger partial charge on any atom is 0.244 e. The summed E-state index contributed by atoms with van der Waals surface area (Å²) in [5.41, 5.74) is 0.935. The topological polar surface area (TPSA) is 96.0 Å². The molecule has 2 aromatic rings. The summed E-state index contributed by atoms with van der Waals surface area (Å²) in [7, 11) is -2.33. The van der Waals surface area contributed by atoms with Crippen LogP contribution >= 0.6 is 23.2 Å². The molecule has 1 N–H and O–H groups in total. The van der Waals surface area contributed by atoms with Gasteiger partial charge in [0.25, 0.3) is 0 Å². The number of benzene rings is 2. The molecule has 0 fully saturated rings. The highest BCUT2D eigenvalue weighted by molar-refractivity contribution is 7.92. The van der Waals surface area contributed by atoms with E-state index in [1.807, 2.05) is 19.9 Å². The van der Waals surface area contributed by atoms with E-state index < -0.39 is 28.5 Å². The molecular weight excluding hydrogens is 525 g/mol. The van der Waals surface area contributed by atoms with Crippen molar-refractivity contribution in [2.75, 3.05) is 30.8 Å². The number of ether oxygens (including phenoxy) is 1. The first-order valence-corrected chi connectivity index (χ1v) is 14.2. The largest absolute Gasteiger partial charge is 0.497 e. The number of carbonyl (C=O) groups is 2. The van der Waals surface area contributed by atoms with Crippen LogP contribution in [0.25, 0.3) is 0 Å². The van der Waals surface area contributed by atoms with Gasteiger partial charge in [-0.25, -0.2) is 8.42 Å². The molecule has 0 aliphatic heterocycles.